The van der Waals surface area contributed by atoms with Crippen molar-refractivity contribution in [1.82, 2.24) is 15.0 Å². The van der Waals surface area contributed by atoms with Gasteiger partial charge in [0.05, 0.1) is 13.7 Å². The van der Waals surface area contributed by atoms with Crippen LogP contribution in [0, 0.1) is 0 Å². The number of aromatic nitrogens is 2. The molecule has 192 valence electrons. The summed E-state index contributed by atoms with van der Waals surface area (Å²) in [6, 6.07) is 12.9. The van der Waals surface area contributed by atoms with Crippen LogP contribution in [0.15, 0.2) is 66.0 Å². The first-order valence-electron chi connectivity index (χ1n) is 11.2. The van der Waals surface area contributed by atoms with Crippen molar-refractivity contribution in [2.24, 2.45) is 5.10 Å². The van der Waals surface area contributed by atoms with Gasteiger partial charge < -0.3 is 19.5 Å². The van der Waals surface area contributed by atoms with Crippen LogP contribution in [0.2, 0.25) is 0 Å². The van der Waals surface area contributed by atoms with E-state index in [0.717, 1.165) is 5.01 Å². The largest absolute Gasteiger partial charge is 0.493 e. The average Bonchev–Trinajstić information content (AvgIpc) is 2.90. The van der Waals surface area contributed by atoms with Gasteiger partial charge in [-0.15, -0.1) is 0 Å². The number of carbonyl (C=O) groups excluding carboxylic acids is 2. The van der Waals surface area contributed by atoms with E-state index in [-0.39, 0.29) is 23.9 Å². The molecule has 10 nitrogen and oxygen atoms in total. The number of nitrogens with one attached hydrogen (secondary N) is 1. The quantitative estimate of drug-likeness (QED) is 0.451. The Hall–Kier alpha value is -4.61. The van der Waals surface area contributed by atoms with Crippen molar-refractivity contribution in [2.75, 3.05) is 12.4 Å². The molecular formula is C25H23F2N5O5. The van der Waals surface area contributed by atoms with Crippen LogP contribution >= 0.6 is 0 Å². The van der Waals surface area contributed by atoms with Crippen LogP contribution in [0.3, 0.4) is 0 Å². The SMILES string of the molecule is CCC1OC(=O)N(Cc2ccc(NC(=O)c3ncccn3)cc2)N=C1c1ccc(OC)c(OC(F)F)c1. The lowest BCUT2D eigenvalue weighted by Crippen LogP contribution is -2.41. The second-order valence-corrected chi connectivity index (χ2v) is 7.79. The van der Waals surface area contributed by atoms with Crippen LogP contribution < -0.4 is 14.8 Å². The smallest absolute Gasteiger partial charge is 0.431 e. The number of benzene rings is 2. The fourth-order valence-corrected chi connectivity index (χ4v) is 3.59. The van der Waals surface area contributed by atoms with E-state index in [1.54, 1.807) is 36.4 Å². The maximum absolute atomic E-state index is 12.9. The van der Waals surface area contributed by atoms with Gasteiger partial charge in [-0.25, -0.2) is 14.8 Å². The summed E-state index contributed by atoms with van der Waals surface area (Å²) in [4.78, 5) is 32.6. The normalized spacial score (nSPS) is 15.2. The fourth-order valence-electron chi connectivity index (χ4n) is 3.59. The molecule has 1 aliphatic rings. The van der Waals surface area contributed by atoms with Crippen molar-refractivity contribution in [2.45, 2.75) is 32.6 Å². The molecule has 0 saturated carbocycles. The Morgan fingerprint density at radius 1 is 1.14 bits per heavy atom. The van der Waals surface area contributed by atoms with Gasteiger partial charge in [0.1, 0.15) is 11.8 Å². The summed E-state index contributed by atoms with van der Waals surface area (Å²) in [5.41, 5.74) is 2.06. The summed E-state index contributed by atoms with van der Waals surface area (Å²) in [6.45, 7) is -1.15. The van der Waals surface area contributed by atoms with Crippen LogP contribution in [-0.2, 0) is 11.3 Å². The Morgan fingerprint density at radius 2 is 1.86 bits per heavy atom. The Kier molecular flexibility index (Phi) is 7.86. The third kappa shape index (κ3) is 6.15. The number of ether oxygens (including phenoxy) is 3. The number of cyclic esters (lactones) is 1. The first-order chi connectivity index (χ1) is 17.9. The van der Waals surface area contributed by atoms with E-state index in [4.69, 9.17) is 9.47 Å². The third-order valence-corrected chi connectivity index (χ3v) is 5.35. The molecule has 2 amide bonds. The van der Waals surface area contributed by atoms with E-state index in [1.165, 1.54) is 31.6 Å². The summed E-state index contributed by atoms with van der Waals surface area (Å²) in [5.74, 6) is -0.443. The number of hydrogen-bond donors (Lipinski definition) is 1. The maximum Gasteiger partial charge on any atom is 0.431 e. The number of hydrogen-bond acceptors (Lipinski definition) is 8. The highest BCUT2D eigenvalue weighted by molar-refractivity contribution is 6.06. The topological polar surface area (TPSA) is 115 Å². The Balaban J connectivity index is 1.53. The minimum Gasteiger partial charge on any atom is -0.493 e. The fraction of sp³-hybridized carbons (Fsp3) is 0.240. The van der Waals surface area contributed by atoms with Gasteiger partial charge >= 0.3 is 12.7 Å². The van der Waals surface area contributed by atoms with Gasteiger partial charge in [-0.1, -0.05) is 19.1 Å². The van der Waals surface area contributed by atoms with Gasteiger partial charge in [0.25, 0.3) is 5.91 Å². The first-order valence-corrected chi connectivity index (χ1v) is 11.2. The molecule has 1 aromatic heterocycles. The number of carbonyl (C=O) groups is 2. The molecule has 0 radical (unpaired) electrons. The number of hydrazone groups is 1. The van der Waals surface area contributed by atoms with Crippen LogP contribution in [0.5, 0.6) is 11.5 Å². The highest BCUT2D eigenvalue weighted by Crippen LogP contribution is 2.31. The number of halogens is 2. The van der Waals surface area contributed by atoms with Gasteiger partial charge in [0.15, 0.2) is 11.5 Å². The Labute approximate surface area is 210 Å². The third-order valence-electron chi connectivity index (χ3n) is 5.35. The van der Waals surface area contributed by atoms with Gasteiger partial charge in [0.2, 0.25) is 5.82 Å². The summed E-state index contributed by atoms with van der Waals surface area (Å²) in [5, 5.41) is 8.31. The van der Waals surface area contributed by atoms with Crippen LogP contribution in [0.1, 0.15) is 35.1 Å². The maximum atomic E-state index is 12.9. The van der Waals surface area contributed by atoms with Gasteiger partial charge in [0, 0.05) is 23.6 Å². The lowest BCUT2D eigenvalue weighted by molar-refractivity contribution is -0.0512. The minimum atomic E-state index is -3.04. The van der Waals surface area contributed by atoms with Crippen molar-refractivity contribution in [3.05, 3.63) is 77.9 Å². The molecule has 2 aromatic carbocycles. The number of nitrogens with zero attached hydrogens (tertiary/aromatic N) is 4. The summed E-state index contributed by atoms with van der Waals surface area (Å²) < 4.78 is 41.0. The van der Waals surface area contributed by atoms with Crippen LogP contribution in [0.4, 0.5) is 19.3 Å². The zero-order chi connectivity index (χ0) is 26.4. The van der Waals surface area contributed by atoms with Crippen molar-refractivity contribution >= 4 is 23.4 Å². The molecule has 1 unspecified atom stereocenters. The molecule has 0 fully saturated rings. The van der Waals surface area contributed by atoms with E-state index in [9.17, 15) is 18.4 Å². The number of amides is 2. The number of anilines is 1. The van der Waals surface area contributed by atoms with E-state index in [1.807, 2.05) is 6.92 Å². The van der Waals surface area contributed by atoms with Crippen LogP contribution in [0.25, 0.3) is 0 Å². The zero-order valence-electron chi connectivity index (χ0n) is 19.9. The standard InChI is InChI=1S/C25H23F2N5O5/c1-3-18-21(16-7-10-19(35-2)20(13-16)36-24(26)27)31-32(25(34)37-18)14-15-5-8-17(9-6-15)30-23(33)22-28-11-4-12-29-22/h4-13,18,24H,3,14H2,1-2H3,(H,30,33). The van der Waals surface area contributed by atoms with Gasteiger partial charge in [-0.2, -0.15) is 18.9 Å². The molecule has 1 N–H and O–H groups in total. The summed E-state index contributed by atoms with van der Waals surface area (Å²) in [7, 11) is 1.34. The molecule has 0 saturated heterocycles. The molecule has 0 bridgehead atoms. The molecule has 2 heterocycles. The number of rotatable bonds is 9. The molecule has 1 atom stereocenters. The predicted molar refractivity (Wildman–Crippen MR) is 129 cm³/mol. The van der Waals surface area contributed by atoms with Crippen molar-refractivity contribution in [1.29, 1.82) is 0 Å². The van der Waals surface area contributed by atoms with E-state index >= 15 is 0 Å². The molecule has 0 spiro atoms. The average molecular weight is 511 g/mol. The minimum absolute atomic E-state index is 0.0376. The van der Waals surface area contributed by atoms with Gasteiger partial charge in [-0.05, 0) is 48.4 Å². The van der Waals surface area contributed by atoms with E-state index in [2.05, 4.69) is 25.1 Å². The Bertz CT molecular complexity index is 1290. The highest BCUT2D eigenvalue weighted by atomic mass is 19.3. The number of methoxy groups -OCH3 is 1. The Morgan fingerprint density at radius 3 is 2.51 bits per heavy atom. The highest BCUT2D eigenvalue weighted by Gasteiger charge is 2.31. The lowest BCUT2D eigenvalue weighted by Gasteiger charge is -2.29. The molecular weight excluding hydrogens is 488 g/mol. The van der Waals surface area contributed by atoms with E-state index < -0.39 is 24.7 Å². The second kappa shape index (κ2) is 11.4. The molecule has 3 aromatic rings. The molecule has 37 heavy (non-hydrogen) atoms. The predicted octanol–water partition coefficient (Wildman–Crippen LogP) is 4.47. The zero-order valence-corrected chi connectivity index (χ0v) is 19.9. The molecule has 4 rings (SSSR count). The van der Waals surface area contributed by atoms with Crippen molar-refractivity contribution in [3.63, 3.8) is 0 Å². The van der Waals surface area contributed by atoms with Crippen molar-refractivity contribution in [3.8, 4) is 11.5 Å². The van der Waals surface area contributed by atoms with E-state index in [0.29, 0.717) is 28.9 Å². The monoisotopic (exact) mass is 511 g/mol. The second-order valence-electron chi connectivity index (χ2n) is 7.79. The number of alkyl halides is 2. The molecule has 1 aliphatic heterocycles. The molecule has 0 aliphatic carbocycles. The van der Waals surface area contributed by atoms with Crippen LogP contribution in [-0.4, -0.2) is 52.5 Å². The summed E-state index contributed by atoms with van der Waals surface area (Å²) in [6.07, 6.45) is 2.05. The first kappa shape index (κ1) is 25.5. The summed E-state index contributed by atoms with van der Waals surface area (Å²) >= 11 is 0. The van der Waals surface area contributed by atoms with Gasteiger partial charge in [-0.3, -0.25) is 4.79 Å². The lowest BCUT2D eigenvalue weighted by atomic mass is 10.0. The molecule has 12 heteroatoms. The van der Waals surface area contributed by atoms with Crippen molar-refractivity contribution < 1.29 is 32.6 Å².